The zero-order valence-electron chi connectivity index (χ0n) is 10.9. The molecule has 0 saturated heterocycles. The molecule has 0 saturated carbocycles. The lowest BCUT2D eigenvalue weighted by molar-refractivity contribution is -0.136. The number of allylic oxidation sites excluding steroid dienone is 4. The van der Waals surface area contributed by atoms with E-state index in [-0.39, 0.29) is 6.42 Å². The summed E-state index contributed by atoms with van der Waals surface area (Å²) in [7, 11) is 0. The van der Waals surface area contributed by atoms with Gasteiger partial charge in [-0.1, -0.05) is 53.6 Å². The maximum atomic E-state index is 10.5. The van der Waals surface area contributed by atoms with Crippen LogP contribution in [-0.4, -0.2) is 15.9 Å². The lowest BCUT2D eigenvalue weighted by atomic mass is 10.0. The van der Waals surface area contributed by atoms with E-state index in [0.29, 0.717) is 17.2 Å². The molecule has 0 aromatic carbocycles. The maximum absolute atomic E-state index is 10.5. The van der Waals surface area contributed by atoms with Crippen LogP contribution in [0.25, 0.3) is 0 Å². The first kappa shape index (κ1) is 16.4. The number of carboxylic acids is 1. The van der Waals surface area contributed by atoms with Crippen LogP contribution in [0.5, 0.6) is 0 Å². The first-order valence-electron chi connectivity index (χ1n) is 6.13. The van der Waals surface area contributed by atoms with E-state index in [0.717, 1.165) is 18.4 Å². The Morgan fingerprint density at radius 3 is 2.47 bits per heavy atom. The molecule has 2 nitrogen and oxygen atoms in total. The Balaban J connectivity index is 3.99. The number of aliphatic carboxylic acids is 1. The number of alkyl halides is 1. The van der Waals surface area contributed by atoms with E-state index >= 15 is 0 Å². The van der Waals surface area contributed by atoms with Crippen LogP contribution in [0.15, 0.2) is 23.8 Å². The Hall–Kier alpha value is -0.570. The first-order chi connectivity index (χ1) is 7.95. The van der Waals surface area contributed by atoms with Crippen molar-refractivity contribution in [3.63, 3.8) is 0 Å². The molecule has 0 amide bonds. The molecule has 0 aliphatic carbocycles. The summed E-state index contributed by atoms with van der Waals surface area (Å²) in [4.78, 5) is 11.0. The second kappa shape index (κ2) is 9.46. The van der Waals surface area contributed by atoms with E-state index in [1.54, 1.807) is 0 Å². The van der Waals surface area contributed by atoms with Gasteiger partial charge in [0.1, 0.15) is 0 Å². The molecule has 1 N–H and O–H groups in total. The van der Waals surface area contributed by atoms with Crippen molar-refractivity contribution in [2.75, 3.05) is 0 Å². The number of carboxylic acid groups (broad SMARTS) is 1. The number of halogens is 1. The third kappa shape index (κ3) is 10.3. The van der Waals surface area contributed by atoms with Crippen molar-refractivity contribution >= 4 is 21.9 Å². The summed E-state index contributed by atoms with van der Waals surface area (Å²) in [6, 6.07) is 0. The van der Waals surface area contributed by atoms with Gasteiger partial charge in [-0.05, 0) is 32.1 Å². The van der Waals surface area contributed by atoms with Crippen LogP contribution in [0.1, 0.15) is 46.5 Å². The van der Waals surface area contributed by atoms with Gasteiger partial charge in [0, 0.05) is 11.2 Å². The van der Waals surface area contributed by atoms with Gasteiger partial charge in [-0.15, -0.1) is 0 Å². The monoisotopic (exact) mass is 302 g/mol. The average molecular weight is 303 g/mol. The smallest absolute Gasteiger partial charge is 0.303 e. The second-order valence-electron chi connectivity index (χ2n) is 4.62. The normalized spacial score (nSPS) is 14.5. The highest BCUT2D eigenvalue weighted by atomic mass is 79.9. The third-order valence-electron chi connectivity index (χ3n) is 2.45. The Kier molecular flexibility index (Phi) is 9.14. The molecule has 1 atom stereocenters. The molecule has 0 heterocycles. The van der Waals surface area contributed by atoms with Crippen molar-refractivity contribution < 1.29 is 9.90 Å². The summed E-state index contributed by atoms with van der Waals surface area (Å²) >= 11 is 3.65. The zero-order chi connectivity index (χ0) is 13.3. The van der Waals surface area contributed by atoms with Crippen LogP contribution in [0.3, 0.4) is 0 Å². The van der Waals surface area contributed by atoms with Crippen LogP contribution in [-0.2, 0) is 4.79 Å². The van der Waals surface area contributed by atoms with Crippen molar-refractivity contribution in [1.82, 2.24) is 0 Å². The highest BCUT2D eigenvalue weighted by Gasteiger charge is 2.04. The van der Waals surface area contributed by atoms with Crippen molar-refractivity contribution in [2.45, 2.75) is 51.3 Å². The molecule has 0 radical (unpaired) electrons. The largest absolute Gasteiger partial charge is 0.481 e. The minimum Gasteiger partial charge on any atom is -0.481 e. The highest BCUT2D eigenvalue weighted by molar-refractivity contribution is 9.09. The molecule has 0 aromatic rings. The molecule has 3 heteroatoms. The fourth-order valence-corrected chi connectivity index (χ4v) is 2.51. The number of hydrogen-bond donors (Lipinski definition) is 1. The molecule has 0 aromatic heterocycles. The van der Waals surface area contributed by atoms with Gasteiger partial charge < -0.3 is 5.11 Å². The quantitative estimate of drug-likeness (QED) is 0.527. The van der Waals surface area contributed by atoms with Gasteiger partial charge in [0.25, 0.3) is 0 Å². The Bertz CT molecular complexity index is 280. The zero-order valence-corrected chi connectivity index (χ0v) is 12.5. The third-order valence-corrected chi connectivity index (χ3v) is 3.20. The van der Waals surface area contributed by atoms with Gasteiger partial charge in [0.15, 0.2) is 0 Å². The number of hydrogen-bond acceptors (Lipinski definition) is 1. The summed E-state index contributed by atoms with van der Waals surface area (Å²) in [5.41, 5.74) is 1.09. The molecule has 0 bridgehead atoms. The van der Waals surface area contributed by atoms with E-state index in [4.69, 9.17) is 5.11 Å². The minimum atomic E-state index is -0.740. The van der Waals surface area contributed by atoms with E-state index in [1.807, 2.05) is 19.1 Å². The van der Waals surface area contributed by atoms with E-state index in [2.05, 4.69) is 35.9 Å². The number of rotatable bonds is 8. The Morgan fingerprint density at radius 2 is 2.00 bits per heavy atom. The molecular formula is C14H23BrO2. The fourth-order valence-electron chi connectivity index (χ4n) is 1.55. The summed E-state index contributed by atoms with van der Waals surface area (Å²) < 4.78 is 0. The van der Waals surface area contributed by atoms with Crippen molar-refractivity contribution in [1.29, 1.82) is 0 Å². The standard InChI is InChI=1S/C14H23BrO2/c1-4-12(8-9-14(16)17)6-5-7-13(15)10-11(2)3/h4-6,11,13H,7-10H2,1-3H3,(H,16,17)/b6-5-,12-4+. The Morgan fingerprint density at radius 1 is 1.35 bits per heavy atom. The summed E-state index contributed by atoms with van der Waals surface area (Å²) in [6.07, 6.45) is 9.10. The molecule has 1 unspecified atom stereocenters. The van der Waals surface area contributed by atoms with Gasteiger partial charge in [-0.3, -0.25) is 4.79 Å². The van der Waals surface area contributed by atoms with Gasteiger partial charge in [0.2, 0.25) is 0 Å². The summed E-state index contributed by atoms with van der Waals surface area (Å²) in [6.45, 7) is 6.37. The molecule has 0 rings (SSSR count). The van der Waals surface area contributed by atoms with E-state index < -0.39 is 5.97 Å². The molecule has 17 heavy (non-hydrogen) atoms. The van der Waals surface area contributed by atoms with E-state index in [9.17, 15) is 4.79 Å². The topological polar surface area (TPSA) is 37.3 Å². The predicted octanol–water partition coefficient (Wildman–Crippen LogP) is 4.55. The minimum absolute atomic E-state index is 0.202. The highest BCUT2D eigenvalue weighted by Crippen LogP contribution is 2.17. The predicted molar refractivity (Wildman–Crippen MR) is 76.6 cm³/mol. The average Bonchev–Trinajstić information content (AvgIpc) is 2.21. The summed E-state index contributed by atoms with van der Waals surface area (Å²) in [5.74, 6) is -0.0445. The molecule has 0 aliphatic rings. The SMILES string of the molecule is C/C=C(\C=C/CC(Br)CC(C)C)CCC(=O)O. The molecule has 0 spiro atoms. The molecular weight excluding hydrogens is 280 g/mol. The first-order valence-corrected chi connectivity index (χ1v) is 7.04. The van der Waals surface area contributed by atoms with Gasteiger partial charge >= 0.3 is 5.97 Å². The lowest BCUT2D eigenvalue weighted by Crippen LogP contribution is -2.01. The van der Waals surface area contributed by atoms with Crippen LogP contribution in [0.2, 0.25) is 0 Å². The fraction of sp³-hybridized carbons (Fsp3) is 0.643. The van der Waals surface area contributed by atoms with Crippen molar-refractivity contribution in [3.05, 3.63) is 23.8 Å². The van der Waals surface area contributed by atoms with E-state index in [1.165, 1.54) is 0 Å². The lowest BCUT2D eigenvalue weighted by Gasteiger charge is -2.09. The van der Waals surface area contributed by atoms with Gasteiger partial charge in [0.05, 0.1) is 0 Å². The summed E-state index contributed by atoms with van der Waals surface area (Å²) in [5, 5.41) is 8.61. The molecule has 0 aliphatic heterocycles. The van der Waals surface area contributed by atoms with Crippen molar-refractivity contribution in [3.8, 4) is 0 Å². The van der Waals surface area contributed by atoms with Crippen LogP contribution in [0, 0.1) is 5.92 Å². The maximum Gasteiger partial charge on any atom is 0.303 e. The van der Waals surface area contributed by atoms with Crippen LogP contribution in [0.4, 0.5) is 0 Å². The molecule has 0 fully saturated rings. The van der Waals surface area contributed by atoms with Crippen LogP contribution >= 0.6 is 15.9 Å². The number of carbonyl (C=O) groups is 1. The van der Waals surface area contributed by atoms with Crippen LogP contribution < -0.4 is 0 Å². The second-order valence-corrected chi connectivity index (χ2v) is 5.92. The Labute approximate surface area is 113 Å². The van der Waals surface area contributed by atoms with Crippen molar-refractivity contribution in [2.24, 2.45) is 5.92 Å². The van der Waals surface area contributed by atoms with Gasteiger partial charge in [-0.25, -0.2) is 0 Å². The molecule has 98 valence electrons. The van der Waals surface area contributed by atoms with Gasteiger partial charge in [-0.2, -0.15) is 0 Å².